The van der Waals surface area contributed by atoms with Gasteiger partial charge in [0.1, 0.15) is 11.5 Å². The highest BCUT2D eigenvalue weighted by Gasteiger charge is 2.34. The summed E-state index contributed by atoms with van der Waals surface area (Å²) in [5.41, 5.74) is 4.98. The van der Waals surface area contributed by atoms with Crippen molar-refractivity contribution in [3.05, 3.63) is 94.3 Å². The molecular formula is C28H31FN2O. The van der Waals surface area contributed by atoms with Gasteiger partial charge in [-0.15, -0.1) is 5.11 Å². The Kier molecular flexibility index (Phi) is 6.45. The van der Waals surface area contributed by atoms with Crippen molar-refractivity contribution in [1.29, 1.82) is 0 Å². The topological polar surface area (TPSA) is 41.8 Å². The predicted molar refractivity (Wildman–Crippen MR) is 129 cm³/mol. The van der Waals surface area contributed by atoms with Gasteiger partial charge in [-0.25, -0.2) is 4.39 Å². The first-order chi connectivity index (χ1) is 14.9. The van der Waals surface area contributed by atoms with Crippen LogP contribution in [-0.4, -0.2) is 5.78 Å². The van der Waals surface area contributed by atoms with Crippen molar-refractivity contribution in [2.45, 2.75) is 48.5 Å². The van der Waals surface area contributed by atoms with E-state index in [-0.39, 0.29) is 22.4 Å². The maximum atomic E-state index is 13.3. The zero-order valence-corrected chi connectivity index (χ0v) is 20.0. The Labute approximate surface area is 190 Å². The van der Waals surface area contributed by atoms with Crippen molar-refractivity contribution in [2.75, 3.05) is 0 Å². The van der Waals surface area contributed by atoms with E-state index in [1.807, 2.05) is 84.9 Å². The lowest BCUT2D eigenvalue weighted by Crippen LogP contribution is -2.28. The van der Waals surface area contributed by atoms with Gasteiger partial charge in [-0.1, -0.05) is 71.4 Å². The van der Waals surface area contributed by atoms with Gasteiger partial charge in [-0.05, 0) is 54.2 Å². The van der Waals surface area contributed by atoms with Gasteiger partial charge in [0.05, 0.1) is 5.69 Å². The van der Waals surface area contributed by atoms with Crippen LogP contribution in [0.25, 0.3) is 5.70 Å². The fourth-order valence-corrected chi connectivity index (χ4v) is 3.49. The molecule has 0 unspecified atom stereocenters. The van der Waals surface area contributed by atoms with Crippen molar-refractivity contribution in [1.82, 2.24) is 0 Å². The van der Waals surface area contributed by atoms with Crippen LogP contribution in [0.4, 0.5) is 10.1 Å². The molecule has 2 aromatic rings. The van der Waals surface area contributed by atoms with Gasteiger partial charge in [0.2, 0.25) is 0 Å². The number of hydrogen-bond donors (Lipinski definition) is 0. The molecule has 2 aromatic carbocycles. The van der Waals surface area contributed by atoms with Crippen LogP contribution in [0.1, 0.15) is 52.7 Å². The van der Waals surface area contributed by atoms with E-state index in [4.69, 9.17) is 0 Å². The monoisotopic (exact) mass is 430 g/mol. The SMILES string of the molecule is Cc1ccc(C(N=Nc2ccc(F)cc2)=C2C=C(C(C)(C)C)C(=O)C(C(C)(C)C)=C2)cc1. The Morgan fingerprint density at radius 3 is 1.75 bits per heavy atom. The van der Waals surface area contributed by atoms with Crippen molar-refractivity contribution in [3.63, 3.8) is 0 Å². The third-order valence-corrected chi connectivity index (χ3v) is 5.40. The lowest BCUT2D eigenvalue weighted by atomic mass is 9.71. The highest BCUT2D eigenvalue weighted by molar-refractivity contribution is 6.12. The zero-order chi connectivity index (χ0) is 23.7. The summed E-state index contributed by atoms with van der Waals surface area (Å²) in [6, 6.07) is 14.0. The molecule has 0 fully saturated rings. The number of halogens is 1. The molecule has 3 nitrogen and oxygen atoms in total. The summed E-state index contributed by atoms with van der Waals surface area (Å²) in [6.07, 6.45) is 3.88. The van der Waals surface area contributed by atoms with Crippen LogP contribution in [0.15, 0.2) is 87.6 Å². The van der Waals surface area contributed by atoms with Crippen LogP contribution in [0, 0.1) is 23.6 Å². The smallest absolute Gasteiger partial charge is 0.186 e. The Hall–Kier alpha value is -3.14. The first-order valence-corrected chi connectivity index (χ1v) is 10.8. The summed E-state index contributed by atoms with van der Waals surface area (Å²) in [7, 11) is 0. The average molecular weight is 431 g/mol. The maximum absolute atomic E-state index is 13.3. The second-order valence-corrected chi connectivity index (χ2v) is 10.3. The standard InChI is InChI=1S/C28H31FN2O/c1-18-8-10-19(11-9-18)25(31-30-22-14-12-21(29)13-15-22)20-16-23(27(2,3)4)26(32)24(17-20)28(5,6)7/h8-17H,1-7H3. The Morgan fingerprint density at radius 2 is 1.28 bits per heavy atom. The molecule has 4 heteroatoms. The van der Waals surface area contributed by atoms with Gasteiger partial charge < -0.3 is 0 Å². The lowest BCUT2D eigenvalue weighted by Gasteiger charge is -2.31. The molecule has 0 radical (unpaired) electrons. The Morgan fingerprint density at radius 1 is 0.781 bits per heavy atom. The highest BCUT2D eigenvalue weighted by atomic mass is 19.1. The van der Waals surface area contributed by atoms with Crippen LogP contribution in [0.2, 0.25) is 0 Å². The first-order valence-electron chi connectivity index (χ1n) is 10.8. The van der Waals surface area contributed by atoms with E-state index >= 15 is 0 Å². The van der Waals surface area contributed by atoms with E-state index in [2.05, 4.69) is 10.2 Å². The molecular weight excluding hydrogens is 399 g/mol. The number of allylic oxidation sites excluding steroid dienone is 5. The summed E-state index contributed by atoms with van der Waals surface area (Å²) in [5.74, 6) is -0.241. The van der Waals surface area contributed by atoms with E-state index in [1.165, 1.54) is 12.1 Å². The van der Waals surface area contributed by atoms with Crippen LogP contribution in [0.3, 0.4) is 0 Å². The third kappa shape index (κ3) is 5.37. The van der Waals surface area contributed by atoms with E-state index < -0.39 is 0 Å². The molecule has 0 heterocycles. The predicted octanol–water partition coefficient (Wildman–Crippen LogP) is 8.16. The molecule has 0 saturated heterocycles. The number of azo groups is 1. The van der Waals surface area contributed by atoms with E-state index in [0.717, 1.165) is 27.8 Å². The fraction of sp³-hybridized carbons (Fsp3) is 0.321. The molecule has 0 bridgehead atoms. The molecule has 0 saturated carbocycles. The molecule has 0 aromatic heterocycles. The number of Topliss-reactive ketones (excluding diaryl/α,β-unsaturated/α-hetero) is 1. The normalized spacial score (nSPS) is 15.1. The van der Waals surface area contributed by atoms with Crippen LogP contribution in [0.5, 0.6) is 0 Å². The molecule has 166 valence electrons. The first kappa shape index (κ1) is 23.5. The Bertz CT molecular complexity index is 1100. The number of ketones is 1. The summed E-state index contributed by atoms with van der Waals surface area (Å²) >= 11 is 0. The maximum Gasteiger partial charge on any atom is 0.186 e. The quantitative estimate of drug-likeness (QED) is 0.453. The molecule has 1 aliphatic rings. The van der Waals surface area contributed by atoms with Crippen molar-refractivity contribution in [3.8, 4) is 0 Å². The van der Waals surface area contributed by atoms with Crippen LogP contribution >= 0.6 is 0 Å². The fourth-order valence-electron chi connectivity index (χ4n) is 3.49. The Balaban J connectivity index is 2.27. The lowest BCUT2D eigenvalue weighted by molar-refractivity contribution is -0.114. The number of aryl methyl sites for hydroxylation is 1. The molecule has 1 aliphatic carbocycles. The number of rotatable bonds is 3. The van der Waals surface area contributed by atoms with E-state index in [0.29, 0.717) is 11.4 Å². The van der Waals surface area contributed by atoms with E-state index in [1.54, 1.807) is 12.1 Å². The van der Waals surface area contributed by atoms with Crippen LogP contribution < -0.4 is 0 Å². The van der Waals surface area contributed by atoms with Gasteiger partial charge in [-0.2, -0.15) is 5.11 Å². The highest BCUT2D eigenvalue weighted by Crippen LogP contribution is 2.41. The molecule has 0 N–H and O–H groups in total. The molecule has 0 amide bonds. The van der Waals surface area contributed by atoms with Crippen molar-refractivity contribution in [2.24, 2.45) is 21.1 Å². The number of hydrogen-bond acceptors (Lipinski definition) is 3. The number of nitrogens with zero attached hydrogens (tertiary/aromatic N) is 2. The second kappa shape index (κ2) is 8.78. The molecule has 0 aliphatic heterocycles. The number of benzene rings is 2. The molecule has 32 heavy (non-hydrogen) atoms. The molecule has 0 spiro atoms. The minimum absolute atomic E-state index is 0.0764. The van der Waals surface area contributed by atoms with Crippen molar-refractivity contribution < 1.29 is 9.18 Å². The van der Waals surface area contributed by atoms with Gasteiger partial charge in [-0.3, -0.25) is 4.79 Å². The summed E-state index contributed by atoms with van der Waals surface area (Å²) in [6.45, 7) is 14.3. The van der Waals surface area contributed by atoms with Gasteiger partial charge in [0.15, 0.2) is 5.78 Å². The number of carbonyl (C=O) groups excluding carboxylic acids is 1. The van der Waals surface area contributed by atoms with Gasteiger partial charge in [0.25, 0.3) is 0 Å². The second-order valence-electron chi connectivity index (χ2n) is 10.3. The largest absolute Gasteiger partial charge is 0.289 e. The van der Waals surface area contributed by atoms with E-state index in [9.17, 15) is 9.18 Å². The molecule has 0 atom stereocenters. The summed E-state index contributed by atoms with van der Waals surface area (Å²) in [4.78, 5) is 13.3. The average Bonchev–Trinajstić information content (AvgIpc) is 2.70. The number of carbonyl (C=O) groups is 1. The van der Waals surface area contributed by atoms with Gasteiger partial charge in [0, 0.05) is 22.3 Å². The van der Waals surface area contributed by atoms with Crippen molar-refractivity contribution >= 4 is 17.2 Å². The minimum Gasteiger partial charge on any atom is -0.289 e. The minimum atomic E-state index is -0.320. The van der Waals surface area contributed by atoms with Gasteiger partial charge >= 0.3 is 0 Å². The zero-order valence-electron chi connectivity index (χ0n) is 20.0. The van der Waals surface area contributed by atoms with Crippen LogP contribution in [-0.2, 0) is 4.79 Å². The summed E-state index contributed by atoms with van der Waals surface area (Å²) < 4.78 is 13.3. The molecule has 3 rings (SSSR count). The third-order valence-electron chi connectivity index (χ3n) is 5.40. The summed E-state index contributed by atoms with van der Waals surface area (Å²) in [5, 5.41) is 8.96.